The van der Waals surface area contributed by atoms with Crippen LogP contribution in [-0.4, -0.2) is 23.0 Å². The zero-order valence-electron chi connectivity index (χ0n) is 10.3. The molecule has 1 atom stereocenters. The van der Waals surface area contributed by atoms with E-state index in [1.54, 1.807) is 6.92 Å². The Labute approximate surface area is 106 Å². The number of carboxylic acid groups (broad SMARTS) is 1. The number of nitrogens with one attached hydrogen (secondary N) is 1. The number of benzene rings is 1. The van der Waals surface area contributed by atoms with Crippen LogP contribution in [0.15, 0.2) is 42.5 Å². The van der Waals surface area contributed by atoms with Gasteiger partial charge in [-0.15, -0.1) is 6.58 Å². The summed E-state index contributed by atoms with van der Waals surface area (Å²) in [6.07, 6.45) is 0.427. The number of carboxylic acids is 1. The molecule has 18 heavy (non-hydrogen) atoms. The van der Waals surface area contributed by atoms with E-state index in [1.807, 2.05) is 30.3 Å². The fraction of sp³-hybridized carbons (Fsp3) is 0.286. The molecule has 1 rings (SSSR count). The molecule has 1 aromatic rings. The van der Waals surface area contributed by atoms with Crippen LogP contribution in [0.5, 0.6) is 0 Å². The molecule has 1 aromatic carbocycles. The van der Waals surface area contributed by atoms with Crippen LogP contribution in [0.1, 0.15) is 18.9 Å². The summed E-state index contributed by atoms with van der Waals surface area (Å²) in [5.74, 6) is -1.34. The molecule has 1 amide bonds. The standard InChI is InChI=1S/C14H17NO3/c1-10(2)8-12(14(17)18)15-13(16)9-11-6-4-3-5-7-11/h3-7,12H,1,8-9H2,2H3,(H,15,16)(H,17,18)/t12-/m1/s1. The number of amides is 1. The van der Waals surface area contributed by atoms with Gasteiger partial charge in [0, 0.05) is 0 Å². The summed E-state index contributed by atoms with van der Waals surface area (Å²) >= 11 is 0. The maximum atomic E-state index is 11.7. The number of carbonyl (C=O) groups is 2. The van der Waals surface area contributed by atoms with Crippen LogP contribution in [0.2, 0.25) is 0 Å². The molecule has 4 nitrogen and oxygen atoms in total. The van der Waals surface area contributed by atoms with Crippen LogP contribution in [-0.2, 0) is 16.0 Å². The van der Waals surface area contributed by atoms with Crippen LogP contribution < -0.4 is 5.32 Å². The lowest BCUT2D eigenvalue weighted by molar-refractivity contribution is -0.141. The van der Waals surface area contributed by atoms with E-state index < -0.39 is 12.0 Å². The third-order valence-electron chi connectivity index (χ3n) is 2.39. The Morgan fingerprint density at radius 3 is 2.44 bits per heavy atom. The van der Waals surface area contributed by atoms with Gasteiger partial charge in [-0.3, -0.25) is 4.79 Å². The normalized spacial score (nSPS) is 11.6. The average molecular weight is 247 g/mol. The van der Waals surface area contributed by atoms with Crippen LogP contribution in [0.4, 0.5) is 0 Å². The van der Waals surface area contributed by atoms with Crippen LogP contribution in [0.3, 0.4) is 0 Å². The summed E-state index contributed by atoms with van der Waals surface area (Å²) in [6, 6.07) is 8.29. The quantitative estimate of drug-likeness (QED) is 0.753. The van der Waals surface area contributed by atoms with E-state index >= 15 is 0 Å². The second-order valence-electron chi connectivity index (χ2n) is 4.28. The SMILES string of the molecule is C=C(C)C[C@@H](NC(=O)Cc1ccccc1)C(=O)O. The molecule has 4 heteroatoms. The smallest absolute Gasteiger partial charge is 0.326 e. The van der Waals surface area contributed by atoms with Crippen molar-refractivity contribution < 1.29 is 14.7 Å². The lowest BCUT2D eigenvalue weighted by atomic mass is 10.1. The minimum atomic E-state index is -1.04. The summed E-state index contributed by atoms with van der Waals surface area (Å²) < 4.78 is 0. The first-order valence-corrected chi connectivity index (χ1v) is 5.69. The zero-order chi connectivity index (χ0) is 13.5. The van der Waals surface area contributed by atoms with Crippen molar-refractivity contribution in [2.75, 3.05) is 0 Å². The van der Waals surface area contributed by atoms with Crippen molar-refractivity contribution in [2.24, 2.45) is 0 Å². The van der Waals surface area contributed by atoms with Gasteiger partial charge in [0.05, 0.1) is 6.42 Å². The third kappa shape index (κ3) is 4.82. The first-order chi connectivity index (χ1) is 8.49. The highest BCUT2D eigenvalue weighted by Crippen LogP contribution is 2.04. The summed E-state index contributed by atoms with van der Waals surface area (Å²) in [7, 11) is 0. The number of hydrogen-bond acceptors (Lipinski definition) is 2. The van der Waals surface area contributed by atoms with E-state index in [2.05, 4.69) is 11.9 Å². The van der Waals surface area contributed by atoms with Gasteiger partial charge in [0.25, 0.3) is 0 Å². The Morgan fingerprint density at radius 1 is 1.33 bits per heavy atom. The van der Waals surface area contributed by atoms with Crippen molar-refractivity contribution >= 4 is 11.9 Å². The number of aliphatic carboxylic acids is 1. The molecule has 0 saturated heterocycles. The second kappa shape index (κ2) is 6.59. The molecule has 0 bridgehead atoms. The number of carbonyl (C=O) groups excluding carboxylic acids is 1. The van der Waals surface area contributed by atoms with Gasteiger partial charge in [0.15, 0.2) is 0 Å². The van der Waals surface area contributed by atoms with Crippen molar-refractivity contribution in [3.05, 3.63) is 48.0 Å². The van der Waals surface area contributed by atoms with Gasteiger partial charge in [0.1, 0.15) is 6.04 Å². The van der Waals surface area contributed by atoms with Gasteiger partial charge in [-0.2, -0.15) is 0 Å². The molecule has 0 aliphatic heterocycles. The van der Waals surface area contributed by atoms with Gasteiger partial charge < -0.3 is 10.4 Å². The zero-order valence-corrected chi connectivity index (χ0v) is 10.3. The molecule has 0 aromatic heterocycles. The highest BCUT2D eigenvalue weighted by molar-refractivity contribution is 5.85. The van der Waals surface area contributed by atoms with Crippen molar-refractivity contribution in [1.82, 2.24) is 5.32 Å². The molecule has 2 N–H and O–H groups in total. The summed E-state index contributed by atoms with van der Waals surface area (Å²) in [6.45, 7) is 5.39. The van der Waals surface area contributed by atoms with Crippen LogP contribution in [0.25, 0.3) is 0 Å². The first-order valence-electron chi connectivity index (χ1n) is 5.69. The highest BCUT2D eigenvalue weighted by Gasteiger charge is 2.19. The summed E-state index contributed by atoms with van der Waals surface area (Å²) in [5.41, 5.74) is 1.58. The van der Waals surface area contributed by atoms with E-state index in [-0.39, 0.29) is 18.7 Å². The maximum Gasteiger partial charge on any atom is 0.326 e. The summed E-state index contributed by atoms with van der Waals surface area (Å²) in [4.78, 5) is 22.7. The van der Waals surface area contributed by atoms with Crippen molar-refractivity contribution in [1.29, 1.82) is 0 Å². The van der Waals surface area contributed by atoms with E-state index in [4.69, 9.17) is 5.11 Å². The fourth-order valence-corrected chi connectivity index (χ4v) is 1.58. The van der Waals surface area contributed by atoms with Crippen LogP contribution in [0, 0.1) is 0 Å². The molecule has 0 unspecified atom stereocenters. The Bertz CT molecular complexity index is 440. The number of rotatable bonds is 6. The van der Waals surface area contributed by atoms with Gasteiger partial charge in [-0.05, 0) is 18.9 Å². The van der Waals surface area contributed by atoms with Gasteiger partial charge in [0.2, 0.25) is 5.91 Å². The van der Waals surface area contributed by atoms with E-state index in [0.717, 1.165) is 11.1 Å². The molecule has 0 aliphatic carbocycles. The van der Waals surface area contributed by atoms with E-state index in [9.17, 15) is 9.59 Å². The molecular formula is C14H17NO3. The van der Waals surface area contributed by atoms with Crippen molar-refractivity contribution in [3.8, 4) is 0 Å². The van der Waals surface area contributed by atoms with Crippen molar-refractivity contribution in [2.45, 2.75) is 25.8 Å². The molecular weight excluding hydrogens is 230 g/mol. The Hall–Kier alpha value is -2.10. The lowest BCUT2D eigenvalue weighted by Crippen LogP contribution is -2.41. The Kier molecular flexibility index (Phi) is 5.11. The topological polar surface area (TPSA) is 66.4 Å². The van der Waals surface area contributed by atoms with Gasteiger partial charge in [-0.25, -0.2) is 4.79 Å². The van der Waals surface area contributed by atoms with Gasteiger partial charge >= 0.3 is 5.97 Å². The first kappa shape index (κ1) is 14.0. The summed E-state index contributed by atoms with van der Waals surface area (Å²) in [5, 5.41) is 11.5. The number of hydrogen-bond donors (Lipinski definition) is 2. The Balaban J connectivity index is 2.56. The lowest BCUT2D eigenvalue weighted by Gasteiger charge is -2.14. The minimum Gasteiger partial charge on any atom is -0.480 e. The minimum absolute atomic E-state index is 0.181. The molecule has 0 fully saturated rings. The maximum absolute atomic E-state index is 11.7. The van der Waals surface area contributed by atoms with E-state index in [1.165, 1.54) is 0 Å². The second-order valence-corrected chi connectivity index (χ2v) is 4.28. The third-order valence-corrected chi connectivity index (χ3v) is 2.39. The highest BCUT2D eigenvalue weighted by atomic mass is 16.4. The monoisotopic (exact) mass is 247 g/mol. The van der Waals surface area contributed by atoms with E-state index in [0.29, 0.717) is 0 Å². The molecule has 96 valence electrons. The molecule has 0 heterocycles. The largest absolute Gasteiger partial charge is 0.480 e. The molecule has 0 saturated carbocycles. The van der Waals surface area contributed by atoms with Crippen molar-refractivity contribution in [3.63, 3.8) is 0 Å². The predicted octanol–water partition coefficient (Wildman–Crippen LogP) is 1.76. The fourth-order valence-electron chi connectivity index (χ4n) is 1.58. The van der Waals surface area contributed by atoms with Gasteiger partial charge in [-0.1, -0.05) is 35.9 Å². The average Bonchev–Trinajstić information content (AvgIpc) is 2.28. The molecule has 0 radical (unpaired) electrons. The van der Waals surface area contributed by atoms with Crippen LogP contribution >= 0.6 is 0 Å². The molecule has 0 aliphatic rings. The molecule has 0 spiro atoms. The Morgan fingerprint density at radius 2 is 1.94 bits per heavy atom. The predicted molar refractivity (Wildman–Crippen MR) is 69.1 cm³/mol.